The number of carbonyl (C=O) groups excluding carboxylic acids is 1. The number of hydrogen-bond donors (Lipinski definition) is 2. The second-order valence-electron chi connectivity index (χ2n) is 5.16. The van der Waals surface area contributed by atoms with Crippen LogP contribution in [-0.2, 0) is 4.79 Å². The van der Waals surface area contributed by atoms with E-state index in [1.807, 2.05) is 6.92 Å². The molecule has 1 rings (SSSR count). The molecule has 2 N–H and O–H groups in total. The van der Waals surface area contributed by atoms with E-state index in [0.717, 1.165) is 5.56 Å². The summed E-state index contributed by atoms with van der Waals surface area (Å²) in [7, 11) is 0. The van der Waals surface area contributed by atoms with Gasteiger partial charge < -0.3 is 10.4 Å². The predicted octanol–water partition coefficient (Wildman–Crippen LogP) is 2.88. The topological polar surface area (TPSA) is 66.4 Å². The maximum Gasteiger partial charge on any atom is 0.309 e. The highest BCUT2D eigenvalue weighted by Gasteiger charge is 2.26. The smallest absolute Gasteiger partial charge is 0.309 e. The number of carboxylic acid groups (broad SMARTS) is 1. The number of carboxylic acids is 1. The number of nitrogens with one attached hydrogen (secondary N) is 1. The summed E-state index contributed by atoms with van der Waals surface area (Å²) < 4.78 is 0. The zero-order valence-electron chi connectivity index (χ0n) is 11.3. The Balaban J connectivity index is 2.57. The Labute approximate surface area is 117 Å². The Hall–Kier alpha value is -1.55. The minimum atomic E-state index is -0.871. The summed E-state index contributed by atoms with van der Waals surface area (Å²) in [4.78, 5) is 22.8. The molecule has 0 aromatic heterocycles. The van der Waals surface area contributed by atoms with Crippen molar-refractivity contribution in [3.8, 4) is 0 Å². The highest BCUT2D eigenvalue weighted by Crippen LogP contribution is 2.20. The molecule has 0 unspecified atom stereocenters. The summed E-state index contributed by atoms with van der Waals surface area (Å²) in [6, 6.07) is 5.03. The van der Waals surface area contributed by atoms with Crippen molar-refractivity contribution in [2.45, 2.75) is 27.2 Å². The first-order valence-electron chi connectivity index (χ1n) is 6.02. The lowest BCUT2D eigenvalue weighted by Gasteiger charge is -2.18. The van der Waals surface area contributed by atoms with Crippen molar-refractivity contribution in [1.29, 1.82) is 0 Å². The molecule has 1 amide bonds. The Morgan fingerprint density at radius 3 is 2.53 bits per heavy atom. The van der Waals surface area contributed by atoms with E-state index in [9.17, 15) is 9.59 Å². The molecule has 0 fully saturated rings. The molecule has 0 atom stereocenters. The van der Waals surface area contributed by atoms with Crippen LogP contribution in [0.25, 0.3) is 0 Å². The van der Waals surface area contributed by atoms with Crippen LogP contribution in [0.5, 0.6) is 0 Å². The molecule has 0 aliphatic carbocycles. The second-order valence-corrected chi connectivity index (χ2v) is 5.57. The lowest BCUT2D eigenvalue weighted by Crippen LogP contribution is -2.31. The monoisotopic (exact) mass is 283 g/mol. The average Bonchev–Trinajstić information content (AvgIpc) is 2.32. The van der Waals surface area contributed by atoms with Crippen LogP contribution in [0.2, 0.25) is 5.02 Å². The van der Waals surface area contributed by atoms with Gasteiger partial charge in [-0.1, -0.05) is 11.6 Å². The van der Waals surface area contributed by atoms with E-state index in [4.69, 9.17) is 16.7 Å². The van der Waals surface area contributed by atoms with Gasteiger partial charge in [-0.05, 0) is 51.0 Å². The third kappa shape index (κ3) is 4.24. The first-order valence-corrected chi connectivity index (χ1v) is 6.39. The number of rotatable bonds is 5. The summed E-state index contributed by atoms with van der Waals surface area (Å²) in [5.74, 6) is -1.09. The van der Waals surface area contributed by atoms with Crippen molar-refractivity contribution in [2.24, 2.45) is 5.41 Å². The molecular formula is C14H18ClNO3. The fraction of sp³-hybridized carbons (Fsp3) is 0.429. The normalized spacial score (nSPS) is 11.2. The van der Waals surface area contributed by atoms with E-state index in [1.165, 1.54) is 0 Å². The molecule has 0 saturated carbocycles. The molecule has 19 heavy (non-hydrogen) atoms. The first kappa shape index (κ1) is 15.5. The summed E-state index contributed by atoms with van der Waals surface area (Å²) in [5, 5.41) is 12.3. The predicted molar refractivity (Wildman–Crippen MR) is 74.6 cm³/mol. The van der Waals surface area contributed by atoms with E-state index < -0.39 is 11.4 Å². The SMILES string of the molecule is Cc1cc(C(=O)NCCC(C)(C)C(=O)O)ccc1Cl. The van der Waals surface area contributed by atoms with Crippen LogP contribution < -0.4 is 5.32 Å². The van der Waals surface area contributed by atoms with E-state index in [0.29, 0.717) is 23.6 Å². The number of hydrogen-bond acceptors (Lipinski definition) is 2. The lowest BCUT2D eigenvalue weighted by molar-refractivity contribution is -0.147. The van der Waals surface area contributed by atoms with Gasteiger partial charge in [-0.3, -0.25) is 9.59 Å². The van der Waals surface area contributed by atoms with Gasteiger partial charge in [0.05, 0.1) is 5.41 Å². The molecule has 1 aromatic rings. The number of amides is 1. The molecular weight excluding hydrogens is 266 g/mol. The average molecular weight is 284 g/mol. The van der Waals surface area contributed by atoms with E-state index >= 15 is 0 Å². The van der Waals surface area contributed by atoms with E-state index in [2.05, 4.69) is 5.32 Å². The third-order valence-corrected chi connectivity index (χ3v) is 3.46. The van der Waals surface area contributed by atoms with Gasteiger partial charge in [0.15, 0.2) is 0 Å². The van der Waals surface area contributed by atoms with Crippen LogP contribution in [0.1, 0.15) is 36.2 Å². The molecule has 0 heterocycles. The van der Waals surface area contributed by atoms with Gasteiger partial charge in [-0.25, -0.2) is 0 Å². The lowest BCUT2D eigenvalue weighted by atomic mass is 9.90. The van der Waals surface area contributed by atoms with Gasteiger partial charge in [0, 0.05) is 17.1 Å². The van der Waals surface area contributed by atoms with Crippen LogP contribution in [0.4, 0.5) is 0 Å². The minimum Gasteiger partial charge on any atom is -0.481 e. The third-order valence-electron chi connectivity index (χ3n) is 3.03. The quantitative estimate of drug-likeness (QED) is 0.873. The van der Waals surface area contributed by atoms with Crippen molar-refractivity contribution in [1.82, 2.24) is 5.32 Å². The standard InChI is InChI=1S/C14H18ClNO3/c1-9-8-10(4-5-11(9)15)12(17)16-7-6-14(2,3)13(18)19/h4-5,8H,6-7H2,1-3H3,(H,16,17)(H,18,19). The summed E-state index contributed by atoms with van der Waals surface area (Å²) in [6.45, 7) is 5.41. The van der Waals surface area contributed by atoms with Crippen LogP contribution in [0.3, 0.4) is 0 Å². The van der Waals surface area contributed by atoms with Gasteiger partial charge >= 0.3 is 5.97 Å². The maximum absolute atomic E-state index is 11.9. The Kier molecular flexibility index (Phi) is 4.95. The molecule has 0 bridgehead atoms. The molecule has 4 nitrogen and oxygen atoms in total. The zero-order valence-corrected chi connectivity index (χ0v) is 12.0. The van der Waals surface area contributed by atoms with Gasteiger partial charge in [-0.15, -0.1) is 0 Å². The number of aliphatic carboxylic acids is 1. The Morgan fingerprint density at radius 1 is 1.37 bits per heavy atom. The molecule has 104 valence electrons. The van der Waals surface area contributed by atoms with Crippen LogP contribution in [-0.4, -0.2) is 23.5 Å². The Bertz CT molecular complexity index is 497. The highest BCUT2D eigenvalue weighted by molar-refractivity contribution is 6.31. The van der Waals surface area contributed by atoms with Gasteiger partial charge in [0.2, 0.25) is 0 Å². The van der Waals surface area contributed by atoms with Crippen molar-refractivity contribution in [3.63, 3.8) is 0 Å². The fourth-order valence-corrected chi connectivity index (χ4v) is 1.60. The first-order chi connectivity index (χ1) is 8.74. The minimum absolute atomic E-state index is 0.221. The van der Waals surface area contributed by atoms with Crippen LogP contribution >= 0.6 is 11.6 Å². The van der Waals surface area contributed by atoms with Crippen molar-refractivity contribution in [3.05, 3.63) is 34.3 Å². The number of carbonyl (C=O) groups is 2. The van der Waals surface area contributed by atoms with E-state index in [-0.39, 0.29) is 5.91 Å². The van der Waals surface area contributed by atoms with Crippen molar-refractivity contribution >= 4 is 23.5 Å². The van der Waals surface area contributed by atoms with Crippen molar-refractivity contribution < 1.29 is 14.7 Å². The molecule has 0 aliphatic rings. The fourth-order valence-electron chi connectivity index (χ4n) is 1.48. The van der Waals surface area contributed by atoms with Gasteiger partial charge in [0.25, 0.3) is 5.91 Å². The summed E-state index contributed by atoms with van der Waals surface area (Å²) in [5.41, 5.74) is 0.513. The highest BCUT2D eigenvalue weighted by atomic mass is 35.5. The van der Waals surface area contributed by atoms with E-state index in [1.54, 1.807) is 32.0 Å². The number of benzene rings is 1. The largest absolute Gasteiger partial charge is 0.481 e. The number of aryl methyl sites for hydroxylation is 1. The molecule has 1 aromatic carbocycles. The van der Waals surface area contributed by atoms with Gasteiger partial charge in [0.1, 0.15) is 0 Å². The Morgan fingerprint density at radius 2 is 2.00 bits per heavy atom. The zero-order chi connectivity index (χ0) is 14.6. The summed E-state index contributed by atoms with van der Waals surface area (Å²) >= 11 is 5.89. The van der Waals surface area contributed by atoms with Crippen LogP contribution in [0, 0.1) is 12.3 Å². The number of halogens is 1. The maximum atomic E-state index is 11.9. The molecule has 0 saturated heterocycles. The second kappa shape index (κ2) is 6.06. The van der Waals surface area contributed by atoms with Crippen LogP contribution in [0.15, 0.2) is 18.2 Å². The van der Waals surface area contributed by atoms with Crippen molar-refractivity contribution in [2.75, 3.05) is 6.54 Å². The molecule has 0 radical (unpaired) electrons. The van der Waals surface area contributed by atoms with Gasteiger partial charge in [-0.2, -0.15) is 0 Å². The summed E-state index contributed by atoms with van der Waals surface area (Å²) in [6.07, 6.45) is 0.376. The molecule has 0 aliphatic heterocycles. The molecule has 0 spiro atoms. The molecule has 5 heteroatoms.